The zero-order valence-corrected chi connectivity index (χ0v) is 11.5. The molecule has 1 fully saturated rings. The van der Waals surface area contributed by atoms with E-state index in [-0.39, 0.29) is 0 Å². The summed E-state index contributed by atoms with van der Waals surface area (Å²) >= 11 is 0. The largest absolute Gasteiger partial charge is 0.427 e. The molecule has 2 aromatic rings. The van der Waals surface area contributed by atoms with Crippen molar-refractivity contribution in [3.63, 3.8) is 0 Å². The number of hydrogen-bond donors (Lipinski definition) is 1. The molecule has 106 valence electrons. The molecule has 1 saturated heterocycles. The summed E-state index contributed by atoms with van der Waals surface area (Å²) in [6.45, 7) is 4.74. The first-order chi connectivity index (χ1) is 9.79. The topological polar surface area (TPSA) is 80.0 Å². The van der Waals surface area contributed by atoms with E-state index in [2.05, 4.69) is 30.4 Å². The zero-order valence-electron chi connectivity index (χ0n) is 11.5. The first-order valence-electron chi connectivity index (χ1n) is 6.82. The van der Waals surface area contributed by atoms with Crippen LogP contribution in [0.1, 0.15) is 24.4 Å². The minimum Gasteiger partial charge on any atom is -0.427 e. The molecule has 0 spiro atoms. The van der Waals surface area contributed by atoms with Crippen LogP contribution < -0.4 is 5.32 Å². The van der Waals surface area contributed by atoms with Crippen LogP contribution in [0.25, 0.3) is 0 Å². The minimum atomic E-state index is 0.461. The molecule has 1 N–H and O–H groups in total. The number of rotatable bonds is 4. The summed E-state index contributed by atoms with van der Waals surface area (Å²) in [7, 11) is 0. The quantitative estimate of drug-likeness (QED) is 0.898. The molecule has 7 nitrogen and oxygen atoms in total. The standard InChI is InChI=1S/C13H18N6O/c1-10-6-12(15-8-14-10)17-11-2-4-19(5-3-11)7-13-18-16-9-20-13/h6,8-9,11H,2-5,7H2,1H3,(H,14,15,17). The van der Waals surface area contributed by atoms with E-state index in [9.17, 15) is 0 Å². The lowest BCUT2D eigenvalue weighted by atomic mass is 10.1. The van der Waals surface area contributed by atoms with Gasteiger partial charge in [0.2, 0.25) is 12.3 Å². The average Bonchev–Trinajstić information content (AvgIpc) is 2.94. The summed E-state index contributed by atoms with van der Waals surface area (Å²) in [5, 5.41) is 11.1. The molecule has 1 aliphatic heterocycles. The SMILES string of the molecule is Cc1cc(NC2CCN(Cc3nnco3)CC2)ncn1. The summed E-state index contributed by atoms with van der Waals surface area (Å²) in [4.78, 5) is 10.7. The average molecular weight is 274 g/mol. The van der Waals surface area contributed by atoms with Crippen LogP contribution in [0.15, 0.2) is 23.2 Å². The van der Waals surface area contributed by atoms with Crippen LogP contribution in [0, 0.1) is 6.92 Å². The first-order valence-corrected chi connectivity index (χ1v) is 6.82. The molecule has 0 radical (unpaired) electrons. The van der Waals surface area contributed by atoms with Gasteiger partial charge in [0.05, 0.1) is 6.54 Å². The molecule has 7 heteroatoms. The Morgan fingerprint density at radius 1 is 1.35 bits per heavy atom. The van der Waals surface area contributed by atoms with Crippen molar-refractivity contribution in [2.75, 3.05) is 18.4 Å². The highest BCUT2D eigenvalue weighted by Gasteiger charge is 2.20. The highest BCUT2D eigenvalue weighted by atomic mass is 16.4. The molecule has 3 heterocycles. The van der Waals surface area contributed by atoms with Crippen LogP contribution in [-0.2, 0) is 6.54 Å². The van der Waals surface area contributed by atoms with Crippen molar-refractivity contribution >= 4 is 5.82 Å². The fraction of sp³-hybridized carbons (Fsp3) is 0.538. The second-order valence-corrected chi connectivity index (χ2v) is 5.07. The van der Waals surface area contributed by atoms with E-state index in [0.29, 0.717) is 11.9 Å². The van der Waals surface area contributed by atoms with Gasteiger partial charge in [0, 0.05) is 30.9 Å². The van der Waals surface area contributed by atoms with Gasteiger partial charge in [0.25, 0.3) is 0 Å². The summed E-state index contributed by atoms with van der Waals surface area (Å²) in [5.74, 6) is 1.59. The molecule has 20 heavy (non-hydrogen) atoms. The Balaban J connectivity index is 1.48. The van der Waals surface area contributed by atoms with E-state index in [1.165, 1.54) is 6.39 Å². The smallest absolute Gasteiger partial charge is 0.230 e. The second-order valence-electron chi connectivity index (χ2n) is 5.07. The van der Waals surface area contributed by atoms with Gasteiger partial charge in [-0.25, -0.2) is 9.97 Å². The van der Waals surface area contributed by atoms with Gasteiger partial charge >= 0.3 is 0 Å². The summed E-state index contributed by atoms with van der Waals surface area (Å²) in [6.07, 6.45) is 5.14. The van der Waals surface area contributed by atoms with Gasteiger partial charge in [-0.05, 0) is 19.8 Å². The second kappa shape index (κ2) is 5.96. The fourth-order valence-electron chi connectivity index (χ4n) is 2.43. The van der Waals surface area contributed by atoms with Gasteiger partial charge in [-0.2, -0.15) is 0 Å². The van der Waals surface area contributed by atoms with Crippen molar-refractivity contribution in [3.8, 4) is 0 Å². The van der Waals surface area contributed by atoms with Crippen molar-refractivity contribution in [2.24, 2.45) is 0 Å². The molecule has 0 bridgehead atoms. The maximum Gasteiger partial charge on any atom is 0.230 e. The molecule has 0 atom stereocenters. The molecular weight excluding hydrogens is 256 g/mol. The van der Waals surface area contributed by atoms with Gasteiger partial charge in [-0.15, -0.1) is 10.2 Å². The fourth-order valence-corrected chi connectivity index (χ4v) is 2.43. The van der Waals surface area contributed by atoms with Crippen molar-refractivity contribution < 1.29 is 4.42 Å². The van der Waals surface area contributed by atoms with Gasteiger partial charge in [0.15, 0.2) is 0 Å². The van der Waals surface area contributed by atoms with Crippen LogP contribution >= 0.6 is 0 Å². The summed E-state index contributed by atoms with van der Waals surface area (Å²) in [5.41, 5.74) is 0.983. The van der Waals surface area contributed by atoms with Crippen LogP contribution in [0.3, 0.4) is 0 Å². The number of likely N-dealkylation sites (tertiary alicyclic amines) is 1. The monoisotopic (exact) mass is 274 g/mol. The molecule has 0 aliphatic carbocycles. The molecule has 0 unspecified atom stereocenters. The Hall–Kier alpha value is -2.02. The highest BCUT2D eigenvalue weighted by molar-refractivity contribution is 5.35. The number of anilines is 1. The maximum atomic E-state index is 5.18. The number of hydrogen-bond acceptors (Lipinski definition) is 7. The molecule has 0 saturated carbocycles. The number of aromatic nitrogens is 4. The van der Waals surface area contributed by atoms with Gasteiger partial charge < -0.3 is 9.73 Å². The Labute approximate surface area is 117 Å². The zero-order chi connectivity index (χ0) is 13.8. The van der Waals surface area contributed by atoms with Gasteiger partial charge in [0.1, 0.15) is 12.1 Å². The molecular formula is C13H18N6O. The lowest BCUT2D eigenvalue weighted by Gasteiger charge is -2.31. The lowest BCUT2D eigenvalue weighted by Crippen LogP contribution is -2.38. The van der Waals surface area contributed by atoms with Gasteiger partial charge in [-0.1, -0.05) is 0 Å². The van der Waals surface area contributed by atoms with E-state index in [4.69, 9.17) is 4.42 Å². The molecule has 1 aliphatic rings. The van der Waals surface area contributed by atoms with E-state index in [0.717, 1.165) is 44.0 Å². The van der Waals surface area contributed by atoms with E-state index in [1.807, 2.05) is 13.0 Å². The van der Waals surface area contributed by atoms with Crippen molar-refractivity contribution in [2.45, 2.75) is 32.4 Å². The van der Waals surface area contributed by atoms with Crippen molar-refractivity contribution in [3.05, 3.63) is 30.4 Å². The predicted molar refractivity (Wildman–Crippen MR) is 73.0 cm³/mol. The Morgan fingerprint density at radius 2 is 2.20 bits per heavy atom. The Kier molecular flexibility index (Phi) is 3.87. The van der Waals surface area contributed by atoms with Crippen molar-refractivity contribution in [1.82, 2.24) is 25.1 Å². The Bertz CT molecular complexity index is 536. The third-order valence-electron chi connectivity index (χ3n) is 3.51. The highest BCUT2D eigenvalue weighted by Crippen LogP contribution is 2.16. The van der Waals surface area contributed by atoms with Crippen LogP contribution in [0.2, 0.25) is 0 Å². The Morgan fingerprint density at radius 3 is 2.90 bits per heavy atom. The summed E-state index contributed by atoms with van der Waals surface area (Å²) in [6, 6.07) is 2.44. The maximum absolute atomic E-state index is 5.18. The molecule has 2 aromatic heterocycles. The van der Waals surface area contributed by atoms with Crippen LogP contribution in [0.5, 0.6) is 0 Å². The molecule has 0 aromatic carbocycles. The lowest BCUT2D eigenvalue weighted by molar-refractivity contribution is 0.193. The summed E-state index contributed by atoms with van der Waals surface area (Å²) < 4.78 is 5.18. The number of piperidine rings is 1. The normalized spacial score (nSPS) is 17.2. The number of aryl methyl sites for hydroxylation is 1. The van der Waals surface area contributed by atoms with E-state index < -0.39 is 0 Å². The van der Waals surface area contributed by atoms with Crippen LogP contribution in [-0.4, -0.2) is 44.2 Å². The molecule has 0 amide bonds. The third kappa shape index (κ3) is 3.30. The number of nitrogens with zero attached hydrogens (tertiary/aromatic N) is 5. The van der Waals surface area contributed by atoms with E-state index >= 15 is 0 Å². The van der Waals surface area contributed by atoms with Crippen LogP contribution in [0.4, 0.5) is 5.82 Å². The first kappa shape index (κ1) is 13.0. The third-order valence-corrected chi connectivity index (χ3v) is 3.51. The predicted octanol–water partition coefficient (Wildman–Crippen LogP) is 1.24. The number of nitrogens with one attached hydrogen (secondary N) is 1. The minimum absolute atomic E-state index is 0.461. The van der Waals surface area contributed by atoms with Crippen molar-refractivity contribution in [1.29, 1.82) is 0 Å². The molecule has 3 rings (SSSR count). The van der Waals surface area contributed by atoms with E-state index in [1.54, 1.807) is 6.33 Å². The van der Waals surface area contributed by atoms with Gasteiger partial charge in [-0.3, -0.25) is 4.90 Å².